The van der Waals surface area contributed by atoms with Crippen LogP contribution in [0, 0.1) is 17.3 Å². The molecule has 1 aliphatic heterocycles. The number of rotatable bonds is 8. The number of carbonyl (C=O) groups excluding carboxylic acids is 1. The van der Waals surface area contributed by atoms with Crippen molar-refractivity contribution in [1.82, 2.24) is 14.7 Å². The van der Waals surface area contributed by atoms with E-state index in [0.717, 1.165) is 26.1 Å². The third-order valence-electron chi connectivity index (χ3n) is 9.11. The largest absolute Gasteiger partial charge is 0.342 e. The topological polar surface area (TPSA) is 26.8 Å². The van der Waals surface area contributed by atoms with Gasteiger partial charge in [0.2, 0.25) is 5.91 Å². The van der Waals surface area contributed by atoms with Gasteiger partial charge in [-0.25, -0.2) is 0 Å². The normalized spacial score (nSPS) is 25.5. The zero-order valence-electron chi connectivity index (χ0n) is 20.4. The molecule has 1 saturated heterocycles. The van der Waals surface area contributed by atoms with Gasteiger partial charge < -0.3 is 9.80 Å². The van der Waals surface area contributed by atoms with Gasteiger partial charge in [-0.3, -0.25) is 9.69 Å². The van der Waals surface area contributed by atoms with E-state index in [2.05, 4.69) is 53.1 Å². The summed E-state index contributed by atoms with van der Waals surface area (Å²) in [5, 5.41) is 0. The number of nitrogens with zero attached hydrogens (tertiary/aromatic N) is 3. The first kappa shape index (κ1) is 22.4. The molecule has 0 N–H and O–H groups in total. The minimum absolute atomic E-state index is 0.349. The third-order valence-corrected chi connectivity index (χ3v) is 9.11. The molecule has 4 aliphatic rings. The molecule has 1 atom stereocenters. The number of likely N-dealkylation sites (tertiary alicyclic amines) is 1. The predicted molar refractivity (Wildman–Crippen MR) is 131 cm³/mol. The molecule has 0 bridgehead atoms. The molecule has 3 fully saturated rings. The number of hydrogen-bond donors (Lipinski definition) is 0. The Morgan fingerprint density at radius 3 is 2.31 bits per heavy atom. The molecule has 5 rings (SSSR count). The van der Waals surface area contributed by atoms with Gasteiger partial charge in [0.1, 0.15) is 0 Å². The third kappa shape index (κ3) is 4.77. The van der Waals surface area contributed by atoms with E-state index >= 15 is 0 Å². The summed E-state index contributed by atoms with van der Waals surface area (Å²) in [6.45, 7) is 5.42. The summed E-state index contributed by atoms with van der Waals surface area (Å²) in [5.41, 5.74) is 3.53. The number of fused-ring (bicyclic) bond motifs is 1. The summed E-state index contributed by atoms with van der Waals surface area (Å²) in [6, 6.07) is 9.69. The first-order chi connectivity index (χ1) is 15.5. The highest BCUT2D eigenvalue weighted by Crippen LogP contribution is 2.63. The highest BCUT2D eigenvalue weighted by Gasteiger charge is 2.59. The minimum Gasteiger partial charge on any atom is -0.342 e. The quantitative estimate of drug-likeness (QED) is 0.609. The number of hydrogen-bond acceptors (Lipinski definition) is 3. The predicted octanol–water partition coefficient (Wildman–Crippen LogP) is 4.23. The van der Waals surface area contributed by atoms with Crippen LogP contribution in [0.4, 0.5) is 0 Å². The molecule has 2 saturated carbocycles. The van der Waals surface area contributed by atoms with Crippen molar-refractivity contribution in [1.29, 1.82) is 0 Å². The number of carbonyl (C=O) groups is 1. The van der Waals surface area contributed by atoms with Crippen molar-refractivity contribution in [2.24, 2.45) is 17.3 Å². The van der Waals surface area contributed by atoms with Gasteiger partial charge in [0, 0.05) is 25.0 Å². The number of amides is 1. The van der Waals surface area contributed by atoms with Crippen LogP contribution < -0.4 is 0 Å². The van der Waals surface area contributed by atoms with E-state index < -0.39 is 0 Å². The Morgan fingerprint density at radius 2 is 1.69 bits per heavy atom. The van der Waals surface area contributed by atoms with Gasteiger partial charge in [-0.05, 0) is 108 Å². The van der Waals surface area contributed by atoms with E-state index in [9.17, 15) is 4.79 Å². The molecule has 0 aromatic heterocycles. The average Bonchev–Trinajstić information content (AvgIpc) is 3.11. The zero-order chi connectivity index (χ0) is 22.1. The Hall–Kier alpha value is -1.39. The molecule has 176 valence electrons. The van der Waals surface area contributed by atoms with Crippen LogP contribution in [0.5, 0.6) is 0 Å². The van der Waals surface area contributed by atoms with Crippen molar-refractivity contribution in [3.63, 3.8) is 0 Å². The maximum atomic E-state index is 13.5. The van der Waals surface area contributed by atoms with Gasteiger partial charge in [0.15, 0.2) is 0 Å². The molecular weight excluding hydrogens is 394 g/mol. The van der Waals surface area contributed by atoms with Gasteiger partial charge in [-0.1, -0.05) is 37.1 Å². The summed E-state index contributed by atoms with van der Waals surface area (Å²) >= 11 is 0. The van der Waals surface area contributed by atoms with Crippen molar-refractivity contribution in [2.75, 3.05) is 46.8 Å². The molecule has 4 nitrogen and oxygen atoms in total. The Kier molecular flexibility index (Phi) is 6.63. The Bertz CT molecular complexity index is 767. The van der Waals surface area contributed by atoms with Gasteiger partial charge in [0.05, 0.1) is 0 Å². The lowest BCUT2D eigenvalue weighted by Crippen LogP contribution is -2.45. The molecule has 32 heavy (non-hydrogen) atoms. The molecule has 4 heteroatoms. The van der Waals surface area contributed by atoms with Crippen molar-refractivity contribution >= 4 is 5.91 Å². The van der Waals surface area contributed by atoms with Crippen LogP contribution in [-0.2, 0) is 17.6 Å². The first-order valence-electron chi connectivity index (χ1n) is 13.3. The fraction of sp³-hybridized carbons (Fsp3) is 0.750. The van der Waals surface area contributed by atoms with Gasteiger partial charge in [0.25, 0.3) is 0 Å². The number of benzene rings is 1. The first-order valence-corrected chi connectivity index (χ1v) is 13.3. The van der Waals surface area contributed by atoms with Crippen LogP contribution in [0.15, 0.2) is 24.3 Å². The van der Waals surface area contributed by atoms with E-state index in [0.29, 0.717) is 29.2 Å². The lowest BCUT2D eigenvalue weighted by molar-refractivity contribution is -0.134. The van der Waals surface area contributed by atoms with Gasteiger partial charge in [-0.15, -0.1) is 0 Å². The second-order valence-electron chi connectivity index (χ2n) is 11.6. The van der Waals surface area contributed by atoms with Crippen molar-refractivity contribution < 1.29 is 4.79 Å². The van der Waals surface area contributed by atoms with Crippen LogP contribution in [-0.4, -0.2) is 73.5 Å². The van der Waals surface area contributed by atoms with E-state index in [1.165, 1.54) is 70.9 Å². The van der Waals surface area contributed by atoms with Crippen LogP contribution >= 0.6 is 0 Å². The van der Waals surface area contributed by atoms with Crippen molar-refractivity contribution in [3.05, 3.63) is 35.4 Å². The molecule has 1 heterocycles. The van der Waals surface area contributed by atoms with Crippen LogP contribution in [0.3, 0.4) is 0 Å². The number of piperidine rings is 1. The smallest absolute Gasteiger partial charge is 0.226 e. The van der Waals surface area contributed by atoms with Crippen molar-refractivity contribution in [2.45, 2.75) is 70.3 Å². The summed E-state index contributed by atoms with van der Waals surface area (Å²) < 4.78 is 0. The standard InChI is InChI=1S/C28H43N3O/c1-29(2)14-7-15-31(27(32)26-20-28(26)12-5-6-13-28)21-22-10-16-30(17-11-22)25-18-23-8-3-4-9-24(23)19-25/h3-4,8-9,22,25-26H,5-7,10-21H2,1-2H3/t26-/m0/s1. The molecule has 1 aromatic rings. The van der Waals surface area contributed by atoms with E-state index in [-0.39, 0.29) is 0 Å². The summed E-state index contributed by atoms with van der Waals surface area (Å²) in [4.78, 5) is 20.8. The Balaban J connectivity index is 1.14. The molecule has 1 amide bonds. The van der Waals surface area contributed by atoms with E-state index in [1.54, 1.807) is 11.1 Å². The zero-order valence-corrected chi connectivity index (χ0v) is 20.4. The Labute approximate surface area is 195 Å². The summed E-state index contributed by atoms with van der Waals surface area (Å²) in [5.74, 6) is 1.53. The Morgan fingerprint density at radius 1 is 1.03 bits per heavy atom. The van der Waals surface area contributed by atoms with Gasteiger partial charge >= 0.3 is 0 Å². The summed E-state index contributed by atoms with van der Waals surface area (Å²) in [7, 11) is 4.27. The second kappa shape index (κ2) is 9.46. The highest BCUT2D eigenvalue weighted by atomic mass is 16.2. The highest BCUT2D eigenvalue weighted by molar-refractivity contribution is 5.82. The van der Waals surface area contributed by atoms with Crippen LogP contribution in [0.25, 0.3) is 0 Å². The molecule has 3 aliphatic carbocycles. The lowest BCUT2D eigenvalue weighted by atomic mass is 9.94. The molecule has 0 radical (unpaired) electrons. The second-order valence-corrected chi connectivity index (χ2v) is 11.6. The van der Waals surface area contributed by atoms with E-state index in [4.69, 9.17) is 0 Å². The lowest BCUT2D eigenvalue weighted by Gasteiger charge is -2.38. The molecule has 1 aromatic carbocycles. The van der Waals surface area contributed by atoms with Crippen LogP contribution in [0.2, 0.25) is 0 Å². The maximum absolute atomic E-state index is 13.5. The van der Waals surface area contributed by atoms with Crippen molar-refractivity contribution in [3.8, 4) is 0 Å². The van der Waals surface area contributed by atoms with Crippen LogP contribution in [0.1, 0.15) is 62.5 Å². The summed E-state index contributed by atoms with van der Waals surface area (Å²) in [6.07, 6.45) is 12.5. The fourth-order valence-electron chi connectivity index (χ4n) is 7.02. The molecular formula is C28H43N3O. The van der Waals surface area contributed by atoms with E-state index in [1.807, 2.05) is 0 Å². The molecule has 1 spiro atoms. The minimum atomic E-state index is 0.349. The monoisotopic (exact) mass is 437 g/mol. The molecule has 0 unspecified atom stereocenters. The fourth-order valence-corrected chi connectivity index (χ4v) is 7.02. The van der Waals surface area contributed by atoms with Gasteiger partial charge in [-0.2, -0.15) is 0 Å². The maximum Gasteiger partial charge on any atom is 0.226 e. The average molecular weight is 438 g/mol. The SMILES string of the molecule is CN(C)CCCN(CC1CCN(C2Cc3ccccc3C2)CC1)C(=O)[C@@H]1CC12CCCC2.